The molecule has 2 heterocycles. The summed E-state index contributed by atoms with van der Waals surface area (Å²) in [4.78, 5) is 19.1. The summed E-state index contributed by atoms with van der Waals surface area (Å²) >= 11 is 1.46. The fourth-order valence-electron chi connectivity index (χ4n) is 1.15. The predicted molar refractivity (Wildman–Crippen MR) is 53.9 cm³/mol. The van der Waals surface area contributed by atoms with Gasteiger partial charge in [-0.25, -0.2) is 4.98 Å². The minimum atomic E-state index is -0.534. The summed E-state index contributed by atoms with van der Waals surface area (Å²) in [6.07, 6.45) is 1.54. The average Bonchev–Trinajstić information content (AvgIpc) is 2.70. The maximum atomic E-state index is 11.1. The van der Waals surface area contributed by atoms with Gasteiger partial charge in [-0.3, -0.25) is 9.78 Å². The van der Waals surface area contributed by atoms with E-state index in [0.717, 1.165) is 5.69 Å². The van der Waals surface area contributed by atoms with Crippen LogP contribution in [0, 0.1) is 0 Å². The van der Waals surface area contributed by atoms with E-state index in [9.17, 15) is 4.79 Å². The van der Waals surface area contributed by atoms with Crippen LogP contribution in [0.4, 0.5) is 0 Å². The van der Waals surface area contributed by atoms with Gasteiger partial charge >= 0.3 is 0 Å². The van der Waals surface area contributed by atoms with Crippen LogP contribution in [0.2, 0.25) is 0 Å². The number of thiazole rings is 1. The molecule has 0 fully saturated rings. The second kappa shape index (κ2) is 3.55. The Bertz CT molecular complexity index is 453. The Morgan fingerprint density at radius 3 is 2.93 bits per heavy atom. The molecule has 4 nitrogen and oxygen atoms in total. The molecular formula is C9H7N3OS. The quantitative estimate of drug-likeness (QED) is 0.803. The van der Waals surface area contributed by atoms with E-state index < -0.39 is 5.91 Å². The third kappa shape index (κ3) is 1.49. The largest absolute Gasteiger partial charge is 0.364 e. The summed E-state index contributed by atoms with van der Waals surface area (Å²) in [6.45, 7) is 0. The smallest absolute Gasteiger partial charge is 0.268 e. The lowest BCUT2D eigenvalue weighted by Gasteiger charge is -2.00. The third-order valence-electron chi connectivity index (χ3n) is 1.75. The van der Waals surface area contributed by atoms with Gasteiger partial charge in [0.2, 0.25) is 0 Å². The van der Waals surface area contributed by atoms with Gasteiger partial charge in [0.05, 0.1) is 11.2 Å². The molecule has 14 heavy (non-hydrogen) atoms. The first-order valence-corrected chi connectivity index (χ1v) is 4.86. The second-order valence-electron chi connectivity index (χ2n) is 2.64. The zero-order valence-electron chi connectivity index (χ0n) is 7.18. The molecular weight excluding hydrogens is 198 g/mol. The van der Waals surface area contributed by atoms with E-state index in [-0.39, 0.29) is 5.69 Å². The van der Waals surface area contributed by atoms with E-state index >= 15 is 0 Å². The number of hydrogen-bond acceptors (Lipinski definition) is 4. The number of amides is 1. The Morgan fingerprint density at radius 2 is 2.29 bits per heavy atom. The highest BCUT2D eigenvalue weighted by Gasteiger charge is 2.11. The van der Waals surface area contributed by atoms with Crippen molar-refractivity contribution in [3.63, 3.8) is 0 Å². The standard InChI is InChI=1S/C9H7N3OS/c10-9(13)8-6(2-1-3-11-8)7-4-14-5-12-7/h1-5H,(H2,10,13). The Kier molecular flexibility index (Phi) is 2.24. The Labute approximate surface area is 84.4 Å². The van der Waals surface area contributed by atoms with Gasteiger partial charge in [-0.15, -0.1) is 11.3 Å². The molecule has 0 atom stereocenters. The molecule has 0 bridgehead atoms. The van der Waals surface area contributed by atoms with Crippen LogP contribution in [0.25, 0.3) is 11.3 Å². The molecule has 0 aliphatic rings. The monoisotopic (exact) mass is 205 g/mol. The van der Waals surface area contributed by atoms with E-state index in [1.165, 1.54) is 17.5 Å². The molecule has 2 aromatic heterocycles. The van der Waals surface area contributed by atoms with Gasteiger partial charge in [0.15, 0.2) is 0 Å². The fourth-order valence-corrected chi connectivity index (χ4v) is 1.71. The van der Waals surface area contributed by atoms with Gasteiger partial charge in [-0.2, -0.15) is 0 Å². The van der Waals surface area contributed by atoms with Crippen molar-refractivity contribution in [2.45, 2.75) is 0 Å². The number of hydrogen-bond donors (Lipinski definition) is 1. The van der Waals surface area contributed by atoms with Crippen LogP contribution in [0.3, 0.4) is 0 Å². The summed E-state index contributed by atoms with van der Waals surface area (Å²) in [5.41, 5.74) is 8.57. The molecule has 2 rings (SSSR count). The van der Waals surface area contributed by atoms with Crippen LogP contribution in [-0.2, 0) is 0 Å². The molecule has 0 saturated carbocycles. The summed E-state index contributed by atoms with van der Waals surface area (Å²) in [7, 11) is 0. The summed E-state index contributed by atoms with van der Waals surface area (Å²) in [5.74, 6) is -0.534. The van der Waals surface area contributed by atoms with Crippen LogP contribution in [-0.4, -0.2) is 15.9 Å². The fraction of sp³-hybridized carbons (Fsp3) is 0. The molecule has 0 spiro atoms. The normalized spacial score (nSPS) is 10.0. The van der Waals surface area contributed by atoms with Crippen LogP contribution < -0.4 is 5.73 Å². The highest BCUT2D eigenvalue weighted by atomic mass is 32.1. The number of nitrogens with two attached hydrogens (primary N) is 1. The molecule has 5 heteroatoms. The lowest BCUT2D eigenvalue weighted by Crippen LogP contribution is -2.14. The highest BCUT2D eigenvalue weighted by Crippen LogP contribution is 2.21. The Hall–Kier alpha value is -1.75. The van der Waals surface area contributed by atoms with Crippen LogP contribution in [0.1, 0.15) is 10.5 Å². The SMILES string of the molecule is NC(=O)c1ncccc1-c1cscn1. The number of primary amides is 1. The molecule has 0 aliphatic heterocycles. The van der Waals surface area contributed by atoms with E-state index in [1.54, 1.807) is 17.6 Å². The van der Waals surface area contributed by atoms with Crippen molar-refractivity contribution in [2.75, 3.05) is 0 Å². The van der Waals surface area contributed by atoms with Crippen LogP contribution in [0.5, 0.6) is 0 Å². The van der Waals surface area contributed by atoms with Gasteiger partial charge in [0.1, 0.15) is 5.69 Å². The van der Waals surface area contributed by atoms with Crippen molar-refractivity contribution < 1.29 is 4.79 Å². The summed E-state index contributed by atoms with van der Waals surface area (Å²) in [6, 6.07) is 3.53. The number of rotatable bonds is 2. The van der Waals surface area contributed by atoms with E-state index in [4.69, 9.17) is 5.73 Å². The number of carbonyl (C=O) groups excluding carboxylic acids is 1. The molecule has 0 saturated heterocycles. The molecule has 0 unspecified atom stereocenters. The molecule has 0 aromatic carbocycles. The molecule has 0 radical (unpaired) electrons. The number of carbonyl (C=O) groups is 1. The zero-order valence-corrected chi connectivity index (χ0v) is 7.99. The minimum Gasteiger partial charge on any atom is -0.364 e. The van der Waals surface area contributed by atoms with E-state index in [2.05, 4.69) is 9.97 Å². The maximum Gasteiger partial charge on any atom is 0.268 e. The minimum absolute atomic E-state index is 0.262. The van der Waals surface area contributed by atoms with Gasteiger partial charge in [-0.1, -0.05) is 0 Å². The van der Waals surface area contributed by atoms with Gasteiger partial charge < -0.3 is 5.73 Å². The number of aromatic nitrogens is 2. The maximum absolute atomic E-state index is 11.1. The lowest BCUT2D eigenvalue weighted by molar-refractivity contribution is 0.0996. The zero-order chi connectivity index (χ0) is 9.97. The van der Waals surface area contributed by atoms with Crippen molar-refractivity contribution in [1.82, 2.24) is 9.97 Å². The lowest BCUT2D eigenvalue weighted by atomic mass is 10.1. The van der Waals surface area contributed by atoms with Crippen molar-refractivity contribution in [3.8, 4) is 11.3 Å². The van der Waals surface area contributed by atoms with E-state index in [0.29, 0.717) is 5.56 Å². The molecule has 0 aliphatic carbocycles. The third-order valence-corrected chi connectivity index (χ3v) is 2.34. The van der Waals surface area contributed by atoms with Crippen LogP contribution >= 0.6 is 11.3 Å². The summed E-state index contributed by atoms with van der Waals surface area (Å²) in [5, 5.41) is 1.85. The molecule has 2 aromatic rings. The predicted octanol–water partition coefficient (Wildman–Crippen LogP) is 1.30. The van der Waals surface area contributed by atoms with Crippen molar-refractivity contribution in [3.05, 3.63) is 34.9 Å². The highest BCUT2D eigenvalue weighted by molar-refractivity contribution is 7.07. The van der Waals surface area contributed by atoms with Crippen molar-refractivity contribution in [1.29, 1.82) is 0 Å². The number of nitrogens with zero attached hydrogens (tertiary/aromatic N) is 2. The topological polar surface area (TPSA) is 68.9 Å². The van der Waals surface area contributed by atoms with Crippen molar-refractivity contribution in [2.24, 2.45) is 5.73 Å². The molecule has 1 amide bonds. The molecule has 2 N–H and O–H groups in total. The number of pyridine rings is 1. The second-order valence-corrected chi connectivity index (χ2v) is 3.36. The van der Waals surface area contributed by atoms with Crippen LogP contribution in [0.15, 0.2) is 29.2 Å². The van der Waals surface area contributed by atoms with Crippen molar-refractivity contribution >= 4 is 17.2 Å². The first-order valence-electron chi connectivity index (χ1n) is 3.92. The van der Waals surface area contributed by atoms with Gasteiger partial charge in [0.25, 0.3) is 5.91 Å². The van der Waals surface area contributed by atoms with Gasteiger partial charge in [-0.05, 0) is 12.1 Å². The Morgan fingerprint density at radius 1 is 1.43 bits per heavy atom. The molecule has 70 valence electrons. The first-order chi connectivity index (χ1) is 6.79. The average molecular weight is 205 g/mol. The van der Waals surface area contributed by atoms with Gasteiger partial charge in [0, 0.05) is 17.1 Å². The summed E-state index contributed by atoms with van der Waals surface area (Å²) < 4.78 is 0. The van der Waals surface area contributed by atoms with E-state index in [1.807, 2.05) is 5.38 Å². The Balaban J connectivity index is 2.58. The first kappa shape index (κ1) is 8.83.